The highest BCUT2D eigenvalue weighted by Crippen LogP contribution is 2.36. The molecule has 1 unspecified atom stereocenters. The van der Waals surface area contributed by atoms with Gasteiger partial charge in [-0.15, -0.1) is 0 Å². The number of aromatic amines is 1. The zero-order valence-electron chi connectivity index (χ0n) is 14.4. The lowest BCUT2D eigenvalue weighted by Gasteiger charge is -2.39. The fourth-order valence-corrected chi connectivity index (χ4v) is 3.73. The monoisotopic (exact) mass is 336 g/mol. The maximum Gasteiger partial charge on any atom is 0.290 e. The van der Waals surface area contributed by atoms with E-state index in [4.69, 9.17) is 9.90 Å². The lowest BCUT2D eigenvalue weighted by atomic mass is 9.86. The number of carbonyl (C=O) groups excluding carboxylic acids is 1. The number of imidazole rings is 1. The van der Waals surface area contributed by atoms with Crippen molar-refractivity contribution in [1.82, 2.24) is 20.2 Å². The van der Waals surface area contributed by atoms with E-state index in [0.717, 1.165) is 63.3 Å². The fourth-order valence-electron chi connectivity index (χ4n) is 3.73. The van der Waals surface area contributed by atoms with Crippen molar-refractivity contribution < 1.29 is 14.7 Å². The number of hydrogen-bond donors (Lipinski definition) is 3. The van der Waals surface area contributed by atoms with E-state index in [1.165, 1.54) is 12.8 Å². The molecule has 0 aliphatic carbocycles. The molecule has 2 fully saturated rings. The van der Waals surface area contributed by atoms with Crippen LogP contribution in [0.25, 0.3) is 0 Å². The van der Waals surface area contributed by atoms with Gasteiger partial charge in [-0.05, 0) is 38.6 Å². The van der Waals surface area contributed by atoms with Crippen LogP contribution in [0.15, 0.2) is 6.20 Å². The Labute approximate surface area is 142 Å². The van der Waals surface area contributed by atoms with E-state index in [0.29, 0.717) is 0 Å². The van der Waals surface area contributed by atoms with E-state index in [1.807, 2.05) is 6.20 Å². The highest BCUT2D eigenvalue weighted by Gasteiger charge is 2.48. The van der Waals surface area contributed by atoms with Gasteiger partial charge in [0.1, 0.15) is 11.4 Å². The maximum absolute atomic E-state index is 12.4. The molecule has 0 bridgehead atoms. The molecule has 1 atom stereocenters. The first-order chi connectivity index (χ1) is 11.7. The van der Waals surface area contributed by atoms with Crippen LogP contribution >= 0.6 is 0 Å². The maximum atomic E-state index is 12.4. The zero-order valence-corrected chi connectivity index (χ0v) is 14.4. The third-order valence-corrected chi connectivity index (χ3v) is 4.91. The Kier molecular flexibility index (Phi) is 6.78. The lowest BCUT2D eigenvalue weighted by Crippen LogP contribution is -2.58. The molecule has 3 rings (SSSR count). The second kappa shape index (κ2) is 8.82. The van der Waals surface area contributed by atoms with E-state index in [1.54, 1.807) is 0 Å². The summed E-state index contributed by atoms with van der Waals surface area (Å²) in [5, 5.41) is 9.95. The summed E-state index contributed by atoms with van der Waals surface area (Å²) < 4.78 is 0. The van der Waals surface area contributed by atoms with Gasteiger partial charge in [0.25, 0.3) is 6.47 Å². The van der Waals surface area contributed by atoms with Gasteiger partial charge in [-0.2, -0.15) is 0 Å². The Hall–Kier alpha value is -1.89. The number of aromatic nitrogens is 2. The fraction of sp³-hybridized carbons (Fsp3) is 0.706. The van der Waals surface area contributed by atoms with Crippen LogP contribution in [-0.4, -0.2) is 51.0 Å². The largest absolute Gasteiger partial charge is 0.483 e. The zero-order chi connectivity index (χ0) is 17.4. The minimum atomic E-state index is -0.257. The van der Waals surface area contributed by atoms with Crippen LogP contribution in [0.1, 0.15) is 57.0 Å². The van der Waals surface area contributed by atoms with Crippen molar-refractivity contribution in [2.45, 2.75) is 64.0 Å². The summed E-state index contributed by atoms with van der Waals surface area (Å²) in [4.78, 5) is 31.0. The number of carbonyl (C=O) groups is 2. The number of nitrogens with zero attached hydrogens (tertiary/aromatic N) is 2. The van der Waals surface area contributed by atoms with Crippen LogP contribution in [0.2, 0.25) is 0 Å². The Morgan fingerprint density at radius 3 is 2.88 bits per heavy atom. The van der Waals surface area contributed by atoms with Crippen molar-refractivity contribution in [3.05, 3.63) is 17.7 Å². The molecule has 1 amide bonds. The molecule has 0 saturated carbocycles. The summed E-state index contributed by atoms with van der Waals surface area (Å²) in [5.74, 6) is 1.31. The van der Waals surface area contributed by atoms with Crippen molar-refractivity contribution in [2.24, 2.45) is 0 Å². The van der Waals surface area contributed by atoms with Crippen LogP contribution in [0.5, 0.6) is 0 Å². The van der Waals surface area contributed by atoms with Gasteiger partial charge in [-0.25, -0.2) is 4.98 Å². The van der Waals surface area contributed by atoms with E-state index in [2.05, 4.69) is 27.1 Å². The van der Waals surface area contributed by atoms with Gasteiger partial charge in [0, 0.05) is 31.4 Å². The number of nitrogens with one attached hydrogen (secondary N) is 2. The molecular formula is C17H28N4O3. The number of amides is 1. The summed E-state index contributed by atoms with van der Waals surface area (Å²) in [6, 6.07) is 0. The number of piperidine rings is 1. The Balaban J connectivity index is 0.000000647. The molecule has 1 spiro atoms. The summed E-state index contributed by atoms with van der Waals surface area (Å²) in [6.45, 7) is 4.60. The summed E-state index contributed by atoms with van der Waals surface area (Å²) in [6.07, 6.45) is 9.51. The number of hydrogen-bond acceptors (Lipinski definition) is 4. The van der Waals surface area contributed by atoms with Gasteiger partial charge in [0.05, 0.1) is 0 Å². The van der Waals surface area contributed by atoms with Gasteiger partial charge in [-0.1, -0.05) is 13.3 Å². The van der Waals surface area contributed by atoms with Crippen LogP contribution in [0, 0.1) is 0 Å². The third-order valence-electron chi connectivity index (χ3n) is 4.91. The first kappa shape index (κ1) is 18.4. The molecule has 134 valence electrons. The third kappa shape index (κ3) is 4.14. The topological polar surface area (TPSA) is 98.3 Å². The van der Waals surface area contributed by atoms with Gasteiger partial charge in [-0.3, -0.25) is 14.5 Å². The van der Waals surface area contributed by atoms with E-state index < -0.39 is 0 Å². The smallest absolute Gasteiger partial charge is 0.290 e. The molecule has 2 aliphatic rings. The second-order valence-electron chi connectivity index (χ2n) is 6.48. The van der Waals surface area contributed by atoms with E-state index in [9.17, 15) is 4.79 Å². The number of likely N-dealkylation sites (tertiary alicyclic amines) is 1. The van der Waals surface area contributed by atoms with Crippen molar-refractivity contribution >= 4 is 12.4 Å². The van der Waals surface area contributed by atoms with Crippen molar-refractivity contribution in [3.8, 4) is 0 Å². The molecule has 7 nitrogen and oxygen atoms in total. The van der Waals surface area contributed by atoms with Crippen molar-refractivity contribution in [1.29, 1.82) is 0 Å². The molecule has 2 saturated heterocycles. The summed E-state index contributed by atoms with van der Waals surface area (Å²) >= 11 is 0. The summed E-state index contributed by atoms with van der Waals surface area (Å²) in [7, 11) is 0. The Morgan fingerprint density at radius 2 is 2.17 bits per heavy atom. The molecular weight excluding hydrogens is 308 g/mol. The number of carboxylic acid groups (broad SMARTS) is 1. The minimum absolute atomic E-state index is 0.233. The minimum Gasteiger partial charge on any atom is -0.483 e. The molecule has 1 aromatic heterocycles. The van der Waals surface area contributed by atoms with Gasteiger partial charge in [0.15, 0.2) is 0 Å². The standard InChI is InChI=1S/C16H26N4O.CH2O2/c1-2-3-6-14-18-11-13(19-14)12-20-10-5-8-16(20)7-4-9-17-15(16)21;2-1-3/h11H,2-10,12H2,1H3,(H,17,21)(H,18,19);1H,(H,2,3). The van der Waals surface area contributed by atoms with Crippen LogP contribution in [-0.2, 0) is 22.6 Å². The average Bonchev–Trinajstić information content (AvgIpc) is 3.18. The van der Waals surface area contributed by atoms with E-state index in [-0.39, 0.29) is 17.9 Å². The molecule has 1 aromatic rings. The van der Waals surface area contributed by atoms with Crippen molar-refractivity contribution in [3.63, 3.8) is 0 Å². The Bertz CT molecular complexity index is 546. The average molecular weight is 336 g/mol. The molecule has 0 radical (unpaired) electrons. The number of aryl methyl sites for hydroxylation is 1. The first-order valence-electron chi connectivity index (χ1n) is 8.80. The highest BCUT2D eigenvalue weighted by molar-refractivity contribution is 5.87. The second-order valence-corrected chi connectivity index (χ2v) is 6.48. The predicted octanol–water partition coefficient (Wildman–Crippen LogP) is 1.70. The summed E-state index contributed by atoms with van der Waals surface area (Å²) in [5.41, 5.74) is 0.883. The van der Waals surface area contributed by atoms with E-state index >= 15 is 0 Å². The molecule has 24 heavy (non-hydrogen) atoms. The molecule has 7 heteroatoms. The quantitative estimate of drug-likeness (QED) is 0.711. The first-order valence-corrected chi connectivity index (χ1v) is 8.80. The SMILES string of the molecule is CCCCc1ncc(CN2CCCC23CCCNC3=O)[nH]1.O=CO. The normalized spacial score (nSPS) is 23.6. The number of unbranched alkanes of at least 4 members (excludes halogenated alkanes) is 1. The van der Waals surface area contributed by atoms with Gasteiger partial charge in [0.2, 0.25) is 5.91 Å². The molecule has 3 heterocycles. The number of H-pyrrole nitrogens is 1. The lowest BCUT2D eigenvalue weighted by molar-refractivity contribution is -0.135. The van der Waals surface area contributed by atoms with Crippen molar-refractivity contribution in [2.75, 3.05) is 13.1 Å². The highest BCUT2D eigenvalue weighted by atomic mass is 16.3. The molecule has 2 aliphatic heterocycles. The van der Waals surface area contributed by atoms with Crippen LogP contribution < -0.4 is 5.32 Å². The van der Waals surface area contributed by atoms with Gasteiger partial charge < -0.3 is 15.4 Å². The molecule has 0 aromatic carbocycles. The van der Waals surface area contributed by atoms with Gasteiger partial charge >= 0.3 is 0 Å². The number of rotatable bonds is 5. The Morgan fingerprint density at radius 1 is 1.42 bits per heavy atom. The predicted molar refractivity (Wildman–Crippen MR) is 90.5 cm³/mol. The molecule has 3 N–H and O–H groups in total. The van der Waals surface area contributed by atoms with Crippen LogP contribution in [0.3, 0.4) is 0 Å². The van der Waals surface area contributed by atoms with Crippen LogP contribution in [0.4, 0.5) is 0 Å².